The molecule has 0 bridgehead atoms. The largest absolute Gasteiger partial charge is 0.500 e. The number of hydrogen-bond acceptors (Lipinski definition) is 6. The lowest BCUT2D eigenvalue weighted by Crippen LogP contribution is -2.06. The van der Waals surface area contributed by atoms with Crippen molar-refractivity contribution in [3.63, 3.8) is 0 Å². The number of hydrogen-bond donors (Lipinski definition) is 2. The minimum atomic E-state index is -0.704. The first-order chi connectivity index (χ1) is 7.51. The molecule has 0 aliphatic carbocycles. The fraction of sp³-hybridized carbons (Fsp3) is 0.333. The van der Waals surface area contributed by atoms with E-state index in [9.17, 15) is 15.2 Å². The number of rotatable bonds is 4. The lowest BCUT2D eigenvalue weighted by Gasteiger charge is -2.11. The molecule has 0 fully saturated rings. The Kier molecular flexibility index (Phi) is 3.64. The molecule has 0 radical (unpaired) electrons. The monoisotopic (exact) mass is 228 g/mol. The molecule has 0 amide bonds. The summed E-state index contributed by atoms with van der Waals surface area (Å²) in [5.41, 5.74) is 0.00194. The number of methoxy groups -OCH3 is 1. The first kappa shape index (κ1) is 12.2. The fourth-order valence-corrected chi connectivity index (χ4v) is 1.22. The number of nitrogens with two attached hydrogens (primary N) is 1. The van der Waals surface area contributed by atoms with Crippen molar-refractivity contribution in [1.29, 1.82) is 0 Å². The second-order valence-corrected chi connectivity index (χ2v) is 3.13. The van der Waals surface area contributed by atoms with E-state index in [2.05, 4.69) is 4.84 Å². The molecule has 7 nitrogen and oxygen atoms in total. The molecule has 0 saturated heterocycles. The number of nitro groups is 1. The Morgan fingerprint density at radius 1 is 1.56 bits per heavy atom. The van der Waals surface area contributed by atoms with E-state index in [1.165, 1.54) is 19.2 Å². The number of phenols is 1. The maximum absolute atomic E-state index is 10.7. The van der Waals surface area contributed by atoms with E-state index in [0.717, 1.165) is 0 Å². The first-order valence-electron chi connectivity index (χ1n) is 4.42. The summed E-state index contributed by atoms with van der Waals surface area (Å²) >= 11 is 0. The van der Waals surface area contributed by atoms with E-state index in [0.29, 0.717) is 5.56 Å². The van der Waals surface area contributed by atoms with Crippen LogP contribution in [0.4, 0.5) is 5.69 Å². The summed E-state index contributed by atoms with van der Waals surface area (Å²) in [6.07, 6.45) is -0.534. The van der Waals surface area contributed by atoms with Gasteiger partial charge in [-0.15, -0.1) is 0 Å². The third-order valence-corrected chi connectivity index (χ3v) is 2.17. The normalized spacial score (nSPS) is 12.2. The smallest absolute Gasteiger partial charge is 0.315 e. The molecule has 7 heteroatoms. The van der Waals surface area contributed by atoms with Crippen LogP contribution in [0.1, 0.15) is 18.6 Å². The summed E-state index contributed by atoms with van der Waals surface area (Å²) in [5, 5.41) is 20.2. The minimum absolute atomic E-state index is 0.00750. The maximum atomic E-state index is 10.7. The predicted molar refractivity (Wildman–Crippen MR) is 55.0 cm³/mol. The average Bonchev–Trinajstić information content (AvgIpc) is 2.27. The van der Waals surface area contributed by atoms with Gasteiger partial charge in [-0.25, -0.2) is 5.90 Å². The van der Waals surface area contributed by atoms with Crippen LogP contribution >= 0.6 is 0 Å². The van der Waals surface area contributed by atoms with Gasteiger partial charge in [0.05, 0.1) is 12.0 Å². The van der Waals surface area contributed by atoms with E-state index >= 15 is 0 Å². The molecule has 1 atom stereocenters. The highest BCUT2D eigenvalue weighted by Crippen LogP contribution is 2.38. The number of aromatic hydroxyl groups is 1. The van der Waals surface area contributed by atoms with Gasteiger partial charge in [-0.3, -0.25) is 15.0 Å². The Morgan fingerprint density at radius 2 is 2.19 bits per heavy atom. The molecular formula is C9H12N2O5. The third kappa shape index (κ3) is 2.20. The van der Waals surface area contributed by atoms with Crippen LogP contribution in [0, 0.1) is 10.1 Å². The van der Waals surface area contributed by atoms with Crippen molar-refractivity contribution in [3.8, 4) is 11.5 Å². The maximum Gasteiger partial charge on any atom is 0.315 e. The van der Waals surface area contributed by atoms with Gasteiger partial charge in [0, 0.05) is 6.07 Å². The highest BCUT2D eigenvalue weighted by atomic mass is 16.6. The number of ether oxygens (including phenoxy) is 1. The molecule has 3 N–H and O–H groups in total. The minimum Gasteiger partial charge on any atom is -0.500 e. The Bertz CT molecular complexity index is 407. The zero-order valence-corrected chi connectivity index (χ0v) is 8.84. The molecule has 0 aliphatic rings. The average molecular weight is 228 g/mol. The SMILES string of the molecule is COc1cc(C(C)ON)cc([N+](=O)[O-])c1O. The lowest BCUT2D eigenvalue weighted by molar-refractivity contribution is -0.386. The Labute approximate surface area is 91.5 Å². The van der Waals surface area contributed by atoms with Crippen molar-refractivity contribution in [2.24, 2.45) is 5.90 Å². The molecule has 0 saturated carbocycles. The van der Waals surface area contributed by atoms with E-state index in [4.69, 9.17) is 10.6 Å². The molecule has 0 spiro atoms. The standard InChI is InChI=1S/C9H12N2O5/c1-5(16-10)6-3-7(11(13)14)9(12)8(4-6)15-2/h3-5,12H,10H2,1-2H3. The van der Waals surface area contributed by atoms with Gasteiger partial charge >= 0.3 is 5.69 Å². The van der Waals surface area contributed by atoms with Gasteiger partial charge < -0.3 is 9.84 Å². The van der Waals surface area contributed by atoms with Gasteiger partial charge in [-0.1, -0.05) is 0 Å². The number of benzene rings is 1. The summed E-state index contributed by atoms with van der Waals surface area (Å²) in [7, 11) is 1.30. The summed E-state index contributed by atoms with van der Waals surface area (Å²) in [6, 6.07) is 2.62. The van der Waals surface area contributed by atoms with Crippen LogP contribution in [0.5, 0.6) is 11.5 Å². The van der Waals surface area contributed by atoms with E-state index in [1.54, 1.807) is 6.92 Å². The lowest BCUT2D eigenvalue weighted by atomic mass is 10.1. The number of nitro benzene ring substituents is 1. The molecule has 16 heavy (non-hydrogen) atoms. The van der Waals surface area contributed by atoms with Crippen molar-refractivity contribution >= 4 is 5.69 Å². The number of phenolic OH excluding ortho intramolecular Hbond substituents is 1. The van der Waals surface area contributed by atoms with Crippen LogP contribution in [0.3, 0.4) is 0 Å². The predicted octanol–water partition coefficient (Wildman–Crippen LogP) is 1.26. The van der Waals surface area contributed by atoms with Crippen molar-refractivity contribution in [2.45, 2.75) is 13.0 Å². The van der Waals surface area contributed by atoms with Crippen LogP contribution in [-0.4, -0.2) is 17.1 Å². The Morgan fingerprint density at radius 3 is 2.62 bits per heavy atom. The van der Waals surface area contributed by atoms with Crippen molar-refractivity contribution in [2.75, 3.05) is 7.11 Å². The summed E-state index contributed by atoms with van der Waals surface area (Å²) in [5.74, 6) is 4.48. The summed E-state index contributed by atoms with van der Waals surface area (Å²) < 4.78 is 4.82. The van der Waals surface area contributed by atoms with Crippen molar-refractivity contribution in [1.82, 2.24) is 0 Å². The molecular weight excluding hydrogens is 216 g/mol. The first-order valence-corrected chi connectivity index (χ1v) is 4.42. The zero-order chi connectivity index (χ0) is 12.3. The molecule has 0 aliphatic heterocycles. The van der Waals surface area contributed by atoms with Crippen LogP contribution in [0.25, 0.3) is 0 Å². The van der Waals surface area contributed by atoms with Gasteiger partial charge in [-0.05, 0) is 18.6 Å². The third-order valence-electron chi connectivity index (χ3n) is 2.17. The fourth-order valence-electron chi connectivity index (χ4n) is 1.22. The highest BCUT2D eigenvalue weighted by Gasteiger charge is 2.21. The topological polar surface area (TPSA) is 108 Å². The van der Waals surface area contributed by atoms with E-state index in [-0.39, 0.29) is 5.75 Å². The number of nitrogens with zero attached hydrogens (tertiary/aromatic N) is 1. The quantitative estimate of drug-likeness (QED) is 0.593. The van der Waals surface area contributed by atoms with E-state index < -0.39 is 22.5 Å². The second-order valence-electron chi connectivity index (χ2n) is 3.13. The van der Waals surface area contributed by atoms with Crippen LogP contribution in [0.2, 0.25) is 0 Å². The van der Waals surface area contributed by atoms with E-state index in [1.807, 2.05) is 0 Å². The Balaban J connectivity index is 3.34. The van der Waals surface area contributed by atoms with Crippen molar-refractivity contribution in [3.05, 3.63) is 27.8 Å². The molecule has 1 aromatic rings. The molecule has 1 rings (SSSR count). The second kappa shape index (κ2) is 4.77. The van der Waals surface area contributed by atoms with Gasteiger partial charge in [0.2, 0.25) is 5.75 Å². The molecule has 1 unspecified atom stereocenters. The van der Waals surface area contributed by atoms with Gasteiger partial charge in [0.25, 0.3) is 0 Å². The van der Waals surface area contributed by atoms with Gasteiger partial charge in [0.1, 0.15) is 6.10 Å². The summed E-state index contributed by atoms with van der Waals surface area (Å²) in [6.45, 7) is 1.62. The van der Waals surface area contributed by atoms with Crippen molar-refractivity contribution < 1.29 is 19.6 Å². The van der Waals surface area contributed by atoms with Crippen LogP contribution < -0.4 is 10.6 Å². The van der Waals surface area contributed by atoms with Crippen LogP contribution in [-0.2, 0) is 4.84 Å². The highest BCUT2D eigenvalue weighted by molar-refractivity contribution is 5.57. The molecule has 0 heterocycles. The molecule has 1 aromatic carbocycles. The summed E-state index contributed by atoms with van der Waals surface area (Å²) in [4.78, 5) is 14.5. The zero-order valence-electron chi connectivity index (χ0n) is 8.84. The van der Waals surface area contributed by atoms with Gasteiger partial charge in [0.15, 0.2) is 5.75 Å². The molecule has 88 valence electrons. The Hall–Kier alpha value is -1.86. The van der Waals surface area contributed by atoms with Crippen LogP contribution in [0.15, 0.2) is 12.1 Å². The van der Waals surface area contributed by atoms with Gasteiger partial charge in [-0.2, -0.15) is 0 Å². The molecule has 0 aromatic heterocycles.